The molecule has 2 heterocycles. The van der Waals surface area contributed by atoms with Crippen LogP contribution in [0.4, 0.5) is 0 Å². The summed E-state index contributed by atoms with van der Waals surface area (Å²) in [4.78, 5) is 14.2. The number of nitrogens with zero attached hydrogens (tertiary/aromatic N) is 1. The van der Waals surface area contributed by atoms with Gasteiger partial charge in [0.25, 0.3) is 5.91 Å². The number of carbonyl (C=O) groups excluding carboxylic acids is 1. The molecule has 3 rings (SSSR count). The molecule has 2 aromatic rings. The third-order valence-corrected chi connectivity index (χ3v) is 4.50. The van der Waals surface area contributed by atoms with E-state index in [0.717, 1.165) is 5.09 Å². The summed E-state index contributed by atoms with van der Waals surface area (Å²) in [5.41, 5.74) is 7.40. The van der Waals surface area contributed by atoms with Crippen molar-refractivity contribution < 1.29 is 9.21 Å². The summed E-state index contributed by atoms with van der Waals surface area (Å²) in [6.45, 7) is 1.20. The summed E-state index contributed by atoms with van der Waals surface area (Å²) < 4.78 is 5.51. The quantitative estimate of drug-likeness (QED) is 0.874. The zero-order valence-electron chi connectivity index (χ0n) is 12.3. The van der Waals surface area contributed by atoms with Gasteiger partial charge in [-0.3, -0.25) is 4.79 Å². The lowest BCUT2D eigenvalue weighted by Crippen LogP contribution is -2.32. The van der Waals surface area contributed by atoms with Crippen molar-refractivity contribution in [1.29, 1.82) is 0 Å². The first-order valence-electron chi connectivity index (χ1n) is 6.92. The van der Waals surface area contributed by atoms with Crippen LogP contribution in [0.3, 0.4) is 0 Å². The number of halogens is 1. The van der Waals surface area contributed by atoms with Gasteiger partial charge >= 0.3 is 0 Å². The fraction of sp³-hybridized carbons (Fsp3) is 0.312. The molecule has 1 aromatic heterocycles. The van der Waals surface area contributed by atoms with Gasteiger partial charge in [-0.15, -0.1) is 12.4 Å². The Kier molecular flexibility index (Phi) is 5.56. The number of benzene rings is 1. The minimum Gasteiger partial charge on any atom is -0.445 e. The van der Waals surface area contributed by atoms with Crippen LogP contribution in [0.5, 0.6) is 0 Å². The molecule has 22 heavy (non-hydrogen) atoms. The van der Waals surface area contributed by atoms with Crippen molar-refractivity contribution in [2.45, 2.75) is 17.1 Å². The second-order valence-electron chi connectivity index (χ2n) is 5.21. The Balaban J connectivity index is 0.00000176. The summed E-state index contributed by atoms with van der Waals surface area (Å²) in [6, 6.07) is 13.6. The molecule has 0 saturated carbocycles. The monoisotopic (exact) mass is 338 g/mol. The molecule has 0 radical (unpaired) electrons. The van der Waals surface area contributed by atoms with Crippen molar-refractivity contribution in [3.8, 4) is 0 Å². The largest absolute Gasteiger partial charge is 0.445 e. The van der Waals surface area contributed by atoms with E-state index in [1.807, 2.05) is 30.5 Å². The number of furan rings is 1. The van der Waals surface area contributed by atoms with Crippen molar-refractivity contribution in [3.05, 3.63) is 53.8 Å². The Bertz CT molecular complexity index is 632. The first-order chi connectivity index (χ1) is 10.2. The van der Waals surface area contributed by atoms with Gasteiger partial charge in [-0.25, -0.2) is 0 Å². The average Bonchev–Trinajstić information content (AvgIpc) is 3.14. The van der Waals surface area contributed by atoms with Crippen molar-refractivity contribution >= 4 is 30.1 Å². The Hall–Kier alpha value is -1.43. The number of carbonyl (C=O) groups is 1. The van der Waals surface area contributed by atoms with Crippen LogP contribution in [0.15, 0.2) is 52.0 Å². The Labute approximate surface area is 140 Å². The predicted molar refractivity (Wildman–Crippen MR) is 90.8 cm³/mol. The van der Waals surface area contributed by atoms with E-state index in [2.05, 4.69) is 12.1 Å². The van der Waals surface area contributed by atoms with Crippen molar-refractivity contribution in [3.63, 3.8) is 0 Å². The average molecular weight is 339 g/mol. The van der Waals surface area contributed by atoms with Gasteiger partial charge in [-0.05, 0) is 24.0 Å². The maximum Gasteiger partial charge on any atom is 0.289 e. The molecule has 1 aromatic carbocycles. The van der Waals surface area contributed by atoms with Gasteiger partial charge in [0.1, 0.15) is 0 Å². The van der Waals surface area contributed by atoms with Crippen LogP contribution in [0.1, 0.15) is 22.0 Å². The fourth-order valence-electron chi connectivity index (χ4n) is 2.75. The molecule has 6 heteroatoms. The third kappa shape index (κ3) is 3.32. The molecule has 118 valence electrons. The van der Waals surface area contributed by atoms with E-state index in [0.29, 0.717) is 18.8 Å². The van der Waals surface area contributed by atoms with Gasteiger partial charge in [0.05, 0.1) is 0 Å². The molecule has 1 saturated heterocycles. The Morgan fingerprint density at radius 2 is 1.95 bits per heavy atom. The van der Waals surface area contributed by atoms with E-state index in [9.17, 15) is 4.79 Å². The highest BCUT2D eigenvalue weighted by atomic mass is 35.5. The minimum absolute atomic E-state index is 0. The van der Waals surface area contributed by atoms with Crippen LogP contribution in [0.25, 0.3) is 0 Å². The number of rotatable bonds is 3. The molecule has 0 spiro atoms. The van der Waals surface area contributed by atoms with Gasteiger partial charge < -0.3 is 15.1 Å². The first kappa shape index (κ1) is 16.9. The minimum atomic E-state index is -0.0795. The smallest absolute Gasteiger partial charge is 0.289 e. The zero-order chi connectivity index (χ0) is 14.8. The van der Waals surface area contributed by atoms with Crippen LogP contribution in [-0.2, 0) is 0 Å². The highest BCUT2D eigenvalue weighted by Gasteiger charge is 2.35. The predicted octanol–water partition coefficient (Wildman–Crippen LogP) is 2.99. The lowest BCUT2D eigenvalue weighted by atomic mass is 9.95. The fourth-order valence-corrected chi connectivity index (χ4v) is 3.13. The zero-order valence-corrected chi connectivity index (χ0v) is 13.9. The number of nitrogens with two attached hydrogens (primary N) is 1. The van der Waals surface area contributed by atoms with E-state index >= 15 is 0 Å². The number of likely N-dealkylation sites (tertiary alicyclic amines) is 1. The molecular weight excluding hydrogens is 320 g/mol. The molecule has 1 aliphatic heterocycles. The van der Waals surface area contributed by atoms with Crippen LogP contribution >= 0.6 is 24.2 Å². The van der Waals surface area contributed by atoms with E-state index in [1.54, 1.807) is 11.0 Å². The first-order valence-corrected chi connectivity index (χ1v) is 8.15. The van der Waals surface area contributed by atoms with Crippen LogP contribution in [0, 0.1) is 0 Å². The summed E-state index contributed by atoms with van der Waals surface area (Å²) in [7, 11) is 0. The van der Waals surface area contributed by atoms with E-state index in [1.165, 1.54) is 17.3 Å². The van der Waals surface area contributed by atoms with Gasteiger partial charge in [0.15, 0.2) is 10.9 Å². The third-order valence-electron chi connectivity index (χ3n) is 3.87. The molecule has 1 aliphatic rings. The molecule has 4 nitrogen and oxygen atoms in total. The number of hydrogen-bond donors (Lipinski definition) is 1. The van der Waals surface area contributed by atoms with Gasteiger partial charge in [-0.1, -0.05) is 42.1 Å². The topological polar surface area (TPSA) is 59.5 Å². The Morgan fingerprint density at radius 1 is 1.23 bits per heavy atom. The Morgan fingerprint density at radius 3 is 2.59 bits per heavy atom. The maximum atomic E-state index is 12.5. The number of hydrogen-bond acceptors (Lipinski definition) is 4. The molecule has 2 N–H and O–H groups in total. The molecule has 0 unspecified atom stereocenters. The van der Waals surface area contributed by atoms with Crippen LogP contribution in [0.2, 0.25) is 0 Å². The lowest BCUT2D eigenvalue weighted by Gasteiger charge is -2.15. The maximum absolute atomic E-state index is 12.5. The van der Waals surface area contributed by atoms with Gasteiger partial charge in [0.2, 0.25) is 0 Å². The molecule has 2 atom stereocenters. The summed E-state index contributed by atoms with van der Waals surface area (Å²) in [5, 5.41) is 0.751. The van der Waals surface area contributed by atoms with E-state index in [4.69, 9.17) is 10.2 Å². The SMILES string of the molecule is CSc1ccc(C(=O)N2C[C@@H](N)[C@H](c3ccccc3)C2)o1.Cl. The molecule has 0 aliphatic carbocycles. The molecule has 1 amide bonds. The summed E-state index contributed by atoms with van der Waals surface area (Å²) in [5.74, 6) is 0.495. The van der Waals surface area contributed by atoms with Crippen molar-refractivity contribution in [2.75, 3.05) is 19.3 Å². The second kappa shape index (κ2) is 7.22. The summed E-state index contributed by atoms with van der Waals surface area (Å²) in [6.07, 6.45) is 1.92. The van der Waals surface area contributed by atoms with E-state index in [-0.39, 0.29) is 30.3 Å². The standard InChI is InChI=1S/C16H18N2O2S.ClH/c1-21-15-8-7-14(20-15)16(19)18-9-12(13(17)10-18)11-5-3-2-4-6-11;/h2-8,12-13H,9-10,17H2,1H3;1H/t12-,13+;/m0./s1. The second-order valence-corrected chi connectivity index (χ2v) is 6.02. The van der Waals surface area contributed by atoms with Crippen molar-refractivity contribution in [2.24, 2.45) is 5.73 Å². The normalized spacial score (nSPS) is 20.7. The molecule has 0 bridgehead atoms. The van der Waals surface area contributed by atoms with E-state index < -0.39 is 0 Å². The lowest BCUT2D eigenvalue weighted by molar-refractivity contribution is 0.0752. The van der Waals surface area contributed by atoms with Crippen molar-refractivity contribution in [1.82, 2.24) is 4.90 Å². The summed E-state index contributed by atoms with van der Waals surface area (Å²) >= 11 is 1.49. The van der Waals surface area contributed by atoms with Gasteiger partial charge in [0, 0.05) is 25.0 Å². The number of thioether (sulfide) groups is 1. The number of amides is 1. The highest BCUT2D eigenvalue weighted by Crippen LogP contribution is 2.28. The molecule has 1 fully saturated rings. The van der Waals surface area contributed by atoms with Gasteiger partial charge in [-0.2, -0.15) is 0 Å². The van der Waals surface area contributed by atoms with Crippen LogP contribution in [-0.4, -0.2) is 36.2 Å². The highest BCUT2D eigenvalue weighted by molar-refractivity contribution is 7.98. The molecular formula is C16H19ClN2O2S. The van der Waals surface area contributed by atoms with Crippen LogP contribution < -0.4 is 5.73 Å².